The van der Waals surface area contributed by atoms with Gasteiger partial charge in [-0.15, -0.1) is 0 Å². The van der Waals surface area contributed by atoms with Crippen LogP contribution in [0, 0.1) is 17.8 Å². The van der Waals surface area contributed by atoms with Gasteiger partial charge in [0.1, 0.15) is 12.3 Å². The maximum atomic E-state index is 5.93. The van der Waals surface area contributed by atoms with Crippen molar-refractivity contribution in [2.75, 3.05) is 6.61 Å². The molecule has 0 bridgehead atoms. The van der Waals surface area contributed by atoms with Crippen molar-refractivity contribution in [3.8, 4) is 0 Å². The molecule has 0 amide bonds. The van der Waals surface area contributed by atoms with Gasteiger partial charge in [0, 0.05) is 11.6 Å². The Morgan fingerprint density at radius 2 is 1.52 bits per heavy atom. The highest BCUT2D eigenvalue weighted by Gasteiger charge is 2.34. The van der Waals surface area contributed by atoms with Crippen LogP contribution < -0.4 is 0 Å². The number of pyridine rings is 1. The number of hydrogen-bond acceptors (Lipinski definition) is 3. The van der Waals surface area contributed by atoms with Gasteiger partial charge in [0.15, 0.2) is 0 Å². The summed E-state index contributed by atoms with van der Waals surface area (Å²) in [5.41, 5.74) is 2.26. The van der Waals surface area contributed by atoms with Gasteiger partial charge < -0.3 is 4.74 Å². The van der Waals surface area contributed by atoms with Crippen molar-refractivity contribution in [1.29, 1.82) is 0 Å². The minimum absolute atomic E-state index is 0.276. The molecule has 3 aliphatic rings. The van der Waals surface area contributed by atoms with E-state index in [1.54, 1.807) is 0 Å². The van der Waals surface area contributed by atoms with Gasteiger partial charge in [0.05, 0.1) is 6.04 Å². The lowest BCUT2D eigenvalue weighted by molar-refractivity contribution is 0.199. The molecule has 4 rings (SSSR count). The molecule has 1 aliphatic heterocycles. The van der Waals surface area contributed by atoms with Crippen LogP contribution in [0.15, 0.2) is 23.2 Å². The Morgan fingerprint density at radius 1 is 0.889 bits per heavy atom. The largest absolute Gasteiger partial charge is 0.474 e. The fourth-order valence-corrected chi connectivity index (χ4v) is 5.48. The van der Waals surface area contributed by atoms with Gasteiger partial charge in [-0.05, 0) is 55.6 Å². The van der Waals surface area contributed by atoms with Gasteiger partial charge >= 0.3 is 0 Å². The SMILES string of the molecule is CC(C)[C@@H]1COC(c2cccc(C(C3CCCCC3)C3CCCCC3)n2)=N1. The number of nitrogens with zero attached hydrogens (tertiary/aromatic N) is 2. The van der Waals surface area contributed by atoms with Gasteiger partial charge in [0.25, 0.3) is 0 Å². The van der Waals surface area contributed by atoms with Crippen LogP contribution in [0.5, 0.6) is 0 Å². The predicted octanol–water partition coefficient (Wildman–Crippen LogP) is 6.13. The van der Waals surface area contributed by atoms with Crippen LogP contribution in [0.2, 0.25) is 0 Å². The van der Waals surface area contributed by atoms with Crippen molar-refractivity contribution in [2.24, 2.45) is 22.7 Å². The molecule has 0 radical (unpaired) electrons. The summed E-state index contributed by atoms with van der Waals surface area (Å²) >= 11 is 0. The molecule has 0 spiro atoms. The second kappa shape index (κ2) is 8.75. The molecule has 1 atom stereocenters. The Labute approximate surface area is 165 Å². The summed E-state index contributed by atoms with van der Waals surface area (Å²) < 4.78 is 5.93. The molecule has 0 N–H and O–H groups in total. The molecule has 0 saturated heterocycles. The van der Waals surface area contributed by atoms with Gasteiger partial charge in [0.2, 0.25) is 5.90 Å². The van der Waals surface area contributed by atoms with Crippen LogP contribution in [-0.2, 0) is 4.74 Å². The number of aliphatic imine (C=N–C) groups is 1. The van der Waals surface area contributed by atoms with Gasteiger partial charge in [-0.3, -0.25) is 0 Å². The molecular weight excluding hydrogens is 332 g/mol. The second-order valence-corrected chi connectivity index (χ2v) is 9.33. The average molecular weight is 369 g/mol. The quantitative estimate of drug-likeness (QED) is 0.627. The smallest absolute Gasteiger partial charge is 0.235 e. The number of rotatable bonds is 5. The van der Waals surface area contributed by atoms with Crippen molar-refractivity contribution < 1.29 is 4.74 Å². The topological polar surface area (TPSA) is 34.5 Å². The molecule has 2 aliphatic carbocycles. The Bertz CT molecular complexity index is 624. The Hall–Kier alpha value is -1.38. The van der Waals surface area contributed by atoms with E-state index >= 15 is 0 Å². The fourth-order valence-electron chi connectivity index (χ4n) is 5.48. The van der Waals surface area contributed by atoms with Crippen molar-refractivity contribution in [1.82, 2.24) is 4.98 Å². The van der Waals surface area contributed by atoms with Crippen LogP contribution in [0.25, 0.3) is 0 Å². The van der Waals surface area contributed by atoms with Gasteiger partial charge in [-0.1, -0.05) is 58.4 Å². The van der Waals surface area contributed by atoms with Crippen LogP contribution in [0.1, 0.15) is 95.4 Å². The standard InChI is InChI=1S/C24H36N2O/c1-17(2)22-16-27-24(26-22)21-15-9-14-20(25-21)23(18-10-5-3-6-11-18)19-12-7-4-8-13-19/h9,14-15,17-19,22-23H,3-8,10-13,16H2,1-2H3/t22-/m0/s1. The van der Waals surface area contributed by atoms with Crippen molar-refractivity contribution in [3.05, 3.63) is 29.6 Å². The summed E-state index contributed by atoms with van der Waals surface area (Å²) in [4.78, 5) is 9.96. The molecule has 3 heteroatoms. The molecule has 1 aromatic heterocycles. The summed E-state index contributed by atoms with van der Waals surface area (Å²) in [6.07, 6.45) is 14.0. The summed E-state index contributed by atoms with van der Waals surface area (Å²) in [5, 5.41) is 0. The van der Waals surface area contributed by atoms with Gasteiger partial charge in [-0.2, -0.15) is 0 Å². The Balaban J connectivity index is 1.61. The van der Waals surface area contributed by atoms with E-state index in [4.69, 9.17) is 14.7 Å². The molecule has 0 aromatic carbocycles. The van der Waals surface area contributed by atoms with Crippen molar-refractivity contribution >= 4 is 5.90 Å². The third kappa shape index (κ3) is 4.38. The van der Waals surface area contributed by atoms with Crippen molar-refractivity contribution in [2.45, 2.75) is 90.0 Å². The fraction of sp³-hybridized carbons (Fsp3) is 0.750. The van der Waals surface area contributed by atoms with Crippen LogP contribution in [0.4, 0.5) is 0 Å². The van der Waals surface area contributed by atoms with E-state index in [1.165, 1.54) is 69.9 Å². The lowest BCUT2D eigenvalue weighted by atomic mass is 9.68. The lowest BCUT2D eigenvalue weighted by Gasteiger charge is -2.37. The maximum Gasteiger partial charge on any atom is 0.235 e. The molecule has 148 valence electrons. The third-order valence-corrected chi connectivity index (χ3v) is 7.09. The Kier molecular flexibility index (Phi) is 6.14. The van der Waals surface area contributed by atoms with E-state index in [0.29, 0.717) is 18.4 Å². The highest BCUT2D eigenvalue weighted by molar-refractivity contribution is 5.93. The van der Waals surface area contributed by atoms with Crippen molar-refractivity contribution in [3.63, 3.8) is 0 Å². The zero-order valence-electron chi connectivity index (χ0n) is 17.2. The normalized spacial score (nSPS) is 25.0. The molecule has 1 aromatic rings. The van der Waals surface area contributed by atoms with Crippen LogP contribution in [0.3, 0.4) is 0 Å². The lowest BCUT2D eigenvalue weighted by Crippen LogP contribution is -2.26. The molecule has 2 fully saturated rings. The number of hydrogen-bond donors (Lipinski definition) is 0. The third-order valence-electron chi connectivity index (χ3n) is 7.09. The molecule has 2 heterocycles. The second-order valence-electron chi connectivity index (χ2n) is 9.33. The summed E-state index contributed by atoms with van der Waals surface area (Å²) in [6.45, 7) is 5.13. The number of ether oxygens (including phenoxy) is 1. The van der Waals surface area contributed by atoms with E-state index in [2.05, 4.69) is 32.0 Å². The van der Waals surface area contributed by atoms with E-state index in [9.17, 15) is 0 Å². The average Bonchev–Trinajstić information content (AvgIpc) is 3.21. The van der Waals surface area contributed by atoms with E-state index in [-0.39, 0.29) is 6.04 Å². The van der Waals surface area contributed by atoms with Gasteiger partial charge in [-0.25, -0.2) is 9.98 Å². The summed E-state index contributed by atoms with van der Waals surface area (Å²) in [7, 11) is 0. The first-order chi connectivity index (χ1) is 13.2. The predicted molar refractivity (Wildman–Crippen MR) is 111 cm³/mol. The zero-order valence-corrected chi connectivity index (χ0v) is 17.2. The van der Waals surface area contributed by atoms with E-state index in [0.717, 1.165) is 23.4 Å². The molecule has 3 nitrogen and oxygen atoms in total. The summed E-state index contributed by atoms with van der Waals surface area (Å²) in [5.74, 6) is 3.55. The first-order valence-electron chi connectivity index (χ1n) is 11.4. The monoisotopic (exact) mass is 368 g/mol. The van der Waals surface area contributed by atoms with E-state index in [1.807, 2.05) is 0 Å². The zero-order chi connectivity index (χ0) is 18.6. The maximum absolute atomic E-state index is 5.93. The van der Waals surface area contributed by atoms with Crippen LogP contribution >= 0.6 is 0 Å². The molecular formula is C24H36N2O. The highest BCUT2D eigenvalue weighted by Crippen LogP contribution is 2.45. The van der Waals surface area contributed by atoms with Crippen LogP contribution in [-0.4, -0.2) is 23.5 Å². The number of aromatic nitrogens is 1. The highest BCUT2D eigenvalue weighted by atomic mass is 16.5. The minimum Gasteiger partial charge on any atom is -0.474 e. The van der Waals surface area contributed by atoms with E-state index < -0.39 is 0 Å². The first-order valence-corrected chi connectivity index (χ1v) is 11.4. The molecule has 27 heavy (non-hydrogen) atoms. The minimum atomic E-state index is 0.276. The molecule has 0 unspecified atom stereocenters. The Morgan fingerprint density at radius 3 is 2.07 bits per heavy atom. The first kappa shape index (κ1) is 19.0. The summed E-state index contributed by atoms with van der Waals surface area (Å²) in [6, 6.07) is 6.83. The molecule has 2 saturated carbocycles.